The monoisotopic (exact) mass is 690 g/mol. The molecule has 0 spiro atoms. The van der Waals surface area contributed by atoms with Gasteiger partial charge in [-0.15, -0.1) is 0 Å². The lowest BCUT2D eigenvalue weighted by molar-refractivity contribution is -0.138. The zero-order valence-electron chi connectivity index (χ0n) is 27.6. The van der Waals surface area contributed by atoms with Crippen LogP contribution >= 0.6 is 0 Å². The van der Waals surface area contributed by atoms with Crippen LogP contribution in [0, 0.1) is 6.92 Å². The summed E-state index contributed by atoms with van der Waals surface area (Å²) in [6.07, 6.45) is 2.44. The Morgan fingerprint density at radius 3 is 1.52 bits per heavy atom. The van der Waals surface area contributed by atoms with Crippen LogP contribution in [0.4, 0.5) is 9.59 Å². The summed E-state index contributed by atoms with van der Waals surface area (Å²) in [5, 5.41) is 0. The molecule has 0 amide bonds. The predicted octanol–water partition coefficient (Wildman–Crippen LogP) is 6.84. The molecule has 3 aromatic rings. The number of hydrogen-bond donors (Lipinski definition) is 0. The Bertz CT molecular complexity index is 1610. The van der Waals surface area contributed by atoms with E-state index in [1.54, 1.807) is 42.5 Å². The minimum atomic E-state index is -0.902. The smallest absolute Gasteiger partial charge is 0.489 e. The summed E-state index contributed by atoms with van der Waals surface area (Å²) >= 11 is 0. The number of esters is 3. The highest BCUT2D eigenvalue weighted by atomic mass is 16.7. The third kappa shape index (κ3) is 14.3. The Morgan fingerprint density at radius 1 is 0.580 bits per heavy atom. The van der Waals surface area contributed by atoms with E-state index in [-0.39, 0.29) is 44.3 Å². The van der Waals surface area contributed by atoms with E-state index in [1.807, 2.05) is 6.92 Å². The Balaban J connectivity index is 1.36. The molecule has 13 heteroatoms. The van der Waals surface area contributed by atoms with Gasteiger partial charge in [0.1, 0.15) is 29.6 Å². The first-order valence-electron chi connectivity index (χ1n) is 15.6. The van der Waals surface area contributed by atoms with Crippen LogP contribution in [0.1, 0.15) is 47.2 Å². The SMILES string of the molecule is C=CC(=O)OCCCCOC(=O)Oc1ccc(COc2ccc(OC(=O)c3ccc(OC(=O)OCCCCOC(=O)C=C)cc3)cc2C)cc1. The molecular formula is C37H38O13. The van der Waals surface area contributed by atoms with Gasteiger partial charge in [-0.05, 0) is 98.3 Å². The lowest BCUT2D eigenvalue weighted by Gasteiger charge is -2.12. The average molecular weight is 691 g/mol. The molecule has 0 unspecified atom stereocenters. The number of benzene rings is 3. The highest BCUT2D eigenvalue weighted by molar-refractivity contribution is 5.91. The third-order valence-corrected chi connectivity index (χ3v) is 6.51. The van der Waals surface area contributed by atoms with E-state index >= 15 is 0 Å². The van der Waals surface area contributed by atoms with Crippen LogP contribution in [0.15, 0.2) is 92.0 Å². The first-order valence-corrected chi connectivity index (χ1v) is 15.6. The molecule has 264 valence electrons. The molecule has 0 heterocycles. The Morgan fingerprint density at radius 2 is 1.04 bits per heavy atom. The number of unbranched alkanes of at least 4 members (excludes halogenated alkanes) is 2. The predicted molar refractivity (Wildman–Crippen MR) is 178 cm³/mol. The molecule has 50 heavy (non-hydrogen) atoms. The topological polar surface area (TPSA) is 159 Å². The lowest BCUT2D eigenvalue weighted by Crippen LogP contribution is -2.12. The van der Waals surface area contributed by atoms with E-state index in [2.05, 4.69) is 13.2 Å². The van der Waals surface area contributed by atoms with Crippen molar-refractivity contribution in [2.24, 2.45) is 0 Å². The van der Waals surface area contributed by atoms with Gasteiger partial charge < -0.3 is 37.9 Å². The average Bonchev–Trinajstić information content (AvgIpc) is 3.11. The molecule has 0 saturated heterocycles. The maximum atomic E-state index is 12.7. The lowest BCUT2D eigenvalue weighted by atomic mass is 10.2. The molecule has 3 rings (SSSR count). The van der Waals surface area contributed by atoms with Crippen molar-refractivity contribution in [1.29, 1.82) is 0 Å². The van der Waals surface area contributed by atoms with Crippen LogP contribution < -0.4 is 18.9 Å². The van der Waals surface area contributed by atoms with Gasteiger partial charge in [0.2, 0.25) is 0 Å². The zero-order valence-corrected chi connectivity index (χ0v) is 27.6. The Hall–Kier alpha value is -6.11. The van der Waals surface area contributed by atoms with E-state index in [0.717, 1.165) is 23.3 Å². The minimum absolute atomic E-state index is 0.0863. The van der Waals surface area contributed by atoms with Crippen molar-refractivity contribution >= 4 is 30.2 Å². The highest BCUT2D eigenvalue weighted by Gasteiger charge is 2.13. The minimum Gasteiger partial charge on any atom is -0.489 e. The molecule has 13 nitrogen and oxygen atoms in total. The molecule has 0 aliphatic heterocycles. The van der Waals surface area contributed by atoms with Crippen LogP contribution in [0.3, 0.4) is 0 Å². The van der Waals surface area contributed by atoms with Crippen molar-refractivity contribution in [1.82, 2.24) is 0 Å². The van der Waals surface area contributed by atoms with E-state index in [1.165, 1.54) is 24.3 Å². The zero-order chi connectivity index (χ0) is 36.1. The maximum absolute atomic E-state index is 12.7. The molecule has 0 aliphatic carbocycles. The molecule has 0 saturated carbocycles. The summed E-state index contributed by atoms with van der Waals surface area (Å²) < 4.78 is 41.4. The molecule has 0 fully saturated rings. The number of hydrogen-bond acceptors (Lipinski definition) is 13. The quantitative estimate of drug-likeness (QED) is 0.0321. The summed E-state index contributed by atoms with van der Waals surface area (Å²) in [7, 11) is 0. The van der Waals surface area contributed by atoms with Crippen molar-refractivity contribution in [2.45, 2.75) is 39.2 Å². The van der Waals surface area contributed by atoms with Crippen molar-refractivity contribution in [3.8, 4) is 23.0 Å². The second-order valence-electron chi connectivity index (χ2n) is 10.3. The first kappa shape index (κ1) is 38.3. The second-order valence-corrected chi connectivity index (χ2v) is 10.3. The number of rotatable bonds is 19. The third-order valence-electron chi connectivity index (χ3n) is 6.51. The van der Waals surface area contributed by atoms with Gasteiger partial charge in [0.05, 0.1) is 32.0 Å². The fourth-order valence-corrected chi connectivity index (χ4v) is 3.92. The first-order chi connectivity index (χ1) is 24.2. The van der Waals surface area contributed by atoms with Crippen LogP contribution in [0.2, 0.25) is 0 Å². The van der Waals surface area contributed by atoms with Gasteiger partial charge in [0.15, 0.2) is 0 Å². The number of carbonyl (C=O) groups is 5. The van der Waals surface area contributed by atoms with Gasteiger partial charge in [-0.3, -0.25) is 0 Å². The molecule has 0 N–H and O–H groups in total. The summed E-state index contributed by atoms with van der Waals surface area (Å²) in [4.78, 5) is 58.4. The Labute approximate surface area is 289 Å². The normalized spacial score (nSPS) is 10.2. The molecule has 0 atom stereocenters. The van der Waals surface area contributed by atoms with Crippen LogP contribution in [-0.4, -0.2) is 56.6 Å². The van der Waals surface area contributed by atoms with Gasteiger partial charge >= 0.3 is 30.2 Å². The molecular weight excluding hydrogens is 652 g/mol. The van der Waals surface area contributed by atoms with Crippen molar-refractivity contribution in [2.75, 3.05) is 26.4 Å². The van der Waals surface area contributed by atoms with E-state index in [9.17, 15) is 24.0 Å². The van der Waals surface area contributed by atoms with Gasteiger partial charge in [-0.25, -0.2) is 24.0 Å². The van der Waals surface area contributed by atoms with Gasteiger partial charge in [-0.2, -0.15) is 0 Å². The number of aryl methyl sites for hydroxylation is 1. The van der Waals surface area contributed by atoms with Gasteiger partial charge in [0.25, 0.3) is 0 Å². The van der Waals surface area contributed by atoms with E-state index in [0.29, 0.717) is 42.9 Å². The molecule has 0 radical (unpaired) electrons. The standard InChI is InChI=1S/C37H38O13/c1-4-33(38)43-20-6-8-22-45-36(41)49-29-14-10-27(11-15-29)25-47-32-19-18-31(24-26(32)3)48-35(40)28-12-16-30(17-13-28)50-37(42)46-23-9-7-21-44-34(39)5-2/h4-5,10-19,24H,1-2,6-9,20-23,25H2,3H3. The maximum Gasteiger partial charge on any atom is 0.513 e. The van der Waals surface area contributed by atoms with Crippen LogP contribution in [-0.2, 0) is 35.1 Å². The fourth-order valence-electron chi connectivity index (χ4n) is 3.92. The van der Waals surface area contributed by atoms with E-state index in [4.69, 9.17) is 37.9 Å². The fraction of sp³-hybridized carbons (Fsp3) is 0.270. The molecule has 0 aromatic heterocycles. The number of ether oxygens (including phenoxy) is 8. The van der Waals surface area contributed by atoms with E-state index < -0.39 is 30.2 Å². The van der Waals surface area contributed by atoms with Crippen molar-refractivity contribution in [3.05, 3.63) is 109 Å². The van der Waals surface area contributed by atoms with Crippen molar-refractivity contribution in [3.63, 3.8) is 0 Å². The highest BCUT2D eigenvalue weighted by Crippen LogP contribution is 2.26. The molecule has 3 aromatic carbocycles. The second kappa shape index (κ2) is 21.0. The van der Waals surface area contributed by atoms with Gasteiger partial charge in [-0.1, -0.05) is 25.3 Å². The summed E-state index contributed by atoms with van der Waals surface area (Å²) in [6.45, 7) is 9.27. The van der Waals surface area contributed by atoms with Crippen LogP contribution in [0.25, 0.3) is 0 Å². The van der Waals surface area contributed by atoms with Gasteiger partial charge in [0, 0.05) is 12.2 Å². The summed E-state index contributed by atoms with van der Waals surface area (Å²) in [5.41, 5.74) is 1.79. The summed E-state index contributed by atoms with van der Waals surface area (Å²) in [5.74, 6) is -0.241. The molecule has 0 bridgehead atoms. The van der Waals surface area contributed by atoms with Crippen molar-refractivity contribution < 1.29 is 61.9 Å². The number of carbonyl (C=O) groups excluding carboxylic acids is 5. The molecule has 0 aliphatic rings. The Kier molecular flexibility index (Phi) is 16.1. The summed E-state index contributed by atoms with van der Waals surface area (Å²) in [6, 6.07) is 17.5. The largest absolute Gasteiger partial charge is 0.513 e. The van der Waals surface area contributed by atoms with Crippen LogP contribution in [0.5, 0.6) is 23.0 Å².